The number of likely N-dealkylation sites (tertiary alicyclic amines) is 1. The van der Waals surface area contributed by atoms with Gasteiger partial charge in [0.05, 0.1) is 10.7 Å². The van der Waals surface area contributed by atoms with Gasteiger partial charge in [0.1, 0.15) is 5.69 Å². The van der Waals surface area contributed by atoms with Crippen molar-refractivity contribution >= 4 is 21.8 Å². The van der Waals surface area contributed by atoms with Crippen LogP contribution in [-0.4, -0.2) is 46.8 Å². The predicted molar refractivity (Wildman–Crippen MR) is 68.9 cm³/mol. The number of hydrogen-bond donors (Lipinski definition) is 1. The van der Waals surface area contributed by atoms with E-state index in [1.54, 1.807) is 17.9 Å². The highest BCUT2D eigenvalue weighted by atomic mass is 79.9. The van der Waals surface area contributed by atoms with E-state index in [1.165, 1.54) is 0 Å². The lowest BCUT2D eigenvalue weighted by Gasteiger charge is -2.31. The van der Waals surface area contributed by atoms with Crippen LogP contribution in [0.3, 0.4) is 0 Å². The lowest BCUT2D eigenvalue weighted by Crippen LogP contribution is -2.44. The van der Waals surface area contributed by atoms with Gasteiger partial charge < -0.3 is 10.2 Å². The van der Waals surface area contributed by atoms with Crippen LogP contribution in [0.5, 0.6) is 0 Å². The molecule has 6 heteroatoms. The van der Waals surface area contributed by atoms with Gasteiger partial charge in [-0.2, -0.15) is 5.10 Å². The molecule has 0 atom stereocenters. The fourth-order valence-corrected chi connectivity index (χ4v) is 2.69. The van der Waals surface area contributed by atoms with Gasteiger partial charge in [-0.1, -0.05) is 0 Å². The van der Waals surface area contributed by atoms with Crippen molar-refractivity contribution in [3.05, 3.63) is 16.4 Å². The number of aryl methyl sites for hydroxylation is 1. The van der Waals surface area contributed by atoms with Crippen LogP contribution < -0.4 is 5.32 Å². The van der Waals surface area contributed by atoms with Crippen molar-refractivity contribution in [3.63, 3.8) is 0 Å². The molecule has 94 valence electrons. The average molecular weight is 301 g/mol. The van der Waals surface area contributed by atoms with E-state index in [-0.39, 0.29) is 5.91 Å². The first kappa shape index (κ1) is 12.6. The number of rotatable bonds is 2. The summed E-state index contributed by atoms with van der Waals surface area (Å²) >= 11 is 3.37. The van der Waals surface area contributed by atoms with Gasteiger partial charge in [-0.05, 0) is 35.8 Å². The zero-order valence-electron chi connectivity index (χ0n) is 10.1. The van der Waals surface area contributed by atoms with Crippen LogP contribution in [0.4, 0.5) is 0 Å². The fourth-order valence-electron chi connectivity index (χ4n) is 2.17. The minimum absolute atomic E-state index is 0.0615. The molecule has 1 aliphatic rings. The number of nitrogens with one attached hydrogen (secondary N) is 1. The summed E-state index contributed by atoms with van der Waals surface area (Å²) in [5.41, 5.74) is 0.632. The monoisotopic (exact) mass is 300 g/mol. The van der Waals surface area contributed by atoms with Crippen molar-refractivity contribution in [2.75, 3.05) is 20.1 Å². The first-order valence-electron chi connectivity index (χ1n) is 5.77. The lowest BCUT2D eigenvalue weighted by molar-refractivity contribution is 0.0695. The molecule has 0 aromatic carbocycles. The molecule has 1 saturated heterocycles. The Hall–Kier alpha value is -0.880. The van der Waals surface area contributed by atoms with Crippen LogP contribution >= 0.6 is 15.9 Å². The molecular weight excluding hydrogens is 284 g/mol. The van der Waals surface area contributed by atoms with Gasteiger partial charge in [-0.3, -0.25) is 9.48 Å². The molecule has 0 spiro atoms. The molecule has 0 aliphatic carbocycles. The van der Waals surface area contributed by atoms with E-state index in [0.717, 1.165) is 30.4 Å². The van der Waals surface area contributed by atoms with Crippen LogP contribution in [0.2, 0.25) is 0 Å². The summed E-state index contributed by atoms with van der Waals surface area (Å²) in [4.78, 5) is 14.2. The second-order valence-electron chi connectivity index (χ2n) is 4.32. The molecule has 2 heterocycles. The molecule has 5 nitrogen and oxygen atoms in total. The maximum absolute atomic E-state index is 12.3. The molecule has 0 unspecified atom stereocenters. The molecule has 2 rings (SSSR count). The van der Waals surface area contributed by atoms with Gasteiger partial charge in [-0.15, -0.1) is 0 Å². The minimum atomic E-state index is 0.0615. The van der Waals surface area contributed by atoms with Crippen molar-refractivity contribution in [2.24, 2.45) is 7.05 Å². The highest BCUT2D eigenvalue weighted by molar-refractivity contribution is 9.10. The molecule has 1 N–H and O–H groups in total. The van der Waals surface area contributed by atoms with Crippen molar-refractivity contribution < 1.29 is 4.79 Å². The Balaban J connectivity index is 2.07. The summed E-state index contributed by atoms with van der Waals surface area (Å²) in [6.45, 7) is 1.62. The third kappa shape index (κ3) is 2.52. The summed E-state index contributed by atoms with van der Waals surface area (Å²) in [6.07, 6.45) is 3.68. The Morgan fingerprint density at radius 1 is 1.53 bits per heavy atom. The van der Waals surface area contributed by atoms with Crippen LogP contribution in [0.15, 0.2) is 10.7 Å². The van der Waals surface area contributed by atoms with E-state index < -0.39 is 0 Å². The van der Waals surface area contributed by atoms with Gasteiger partial charge in [0.25, 0.3) is 5.91 Å². The molecule has 1 aromatic rings. The number of carbonyl (C=O) groups excluding carboxylic acids is 1. The van der Waals surface area contributed by atoms with Gasteiger partial charge in [-0.25, -0.2) is 0 Å². The molecular formula is C11H17BrN4O. The number of carbonyl (C=O) groups is 1. The average Bonchev–Trinajstić information content (AvgIpc) is 2.68. The Kier molecular flexibility index (Phi) is 3.83. The second-order valence-corrected chi connectivity index (χ2v) is 5.17. The van der Waals surface area contributed by atoms with E-state index in [9.17, 15) is 4.79 Å². The van der Waals surface area contributed by atoms with E-state index in [0.29, 0.717) is 11.7 Å². The standard InChI is InChI=1S/C11H17BrN4O/c1-13-8-3-5-16(6-4-8)11(17)10-9(12)7-14-15(10)2/h7-8,13H,3-6H2,1-2H3. The zero-order chi connectivity index (χ0) is 12.4. The van der Waals surface area contributed by atoms with Crippen molar-refractivity contribution in [1.82, 2.24) is 20.0 Å². The number of halogens is 1. The molecule has 17 heavy (non-hydrogen) atoms. The summed E-state index contributed by atoms with van der Waals surface area (Å²) in [6, 6.07) is 0.536. The topological polar surface area (TPSA) is 50.2 Å². The molecule has 0 bridgehead atoms. The van der Waals surface area contributed by atoms with E-state index in [2.05, 4.69) is 26.3 Å². The van der Waals surface area contributed by atoms with Crippen molar-refractivity contribution in [1.29, 1.82) is 0 Å². The largest absolute Gasteiger partial charge is 0.337 e. The van der Waals surface area contributed by atoms with Gasteiger partial charge >= 0.3 is 0 Å². The highest BCUT2D eigenvalue weighted by Crippen LogP contribution is 2.19. The Labute approximate surface area is 109 Å². The van der Waals surface area contributed by atoms with Gasteiger partial charge in [0.15, 0.2) is 0 Å². The quantitative estimate of drug-likeness (QED) is 0.887. The SMILES string of the molecule is CNC1CCN(C(=O)c2c(Br)cnn2C)CC1. The number of piperidine rings is 1. The van der Waals surface area contributed by atoms with Crippen LogP contribution in [0.25, 0.3) is 0 Å². The molecule has 0 saturated carbocycles. The van der Waals surface area contributed by atoms with Crippen molar-refractivity contribution in [3.8, 4) is 0 Å². The highest BCUT2D eigenvalue weighted by Gasteiger charge is 2.26. The number of hydrogen-bond acceptors (Lipinski definition) is 3. The first-order chi connectivity index (χ1) is 8.13. The maximum atomic E-state index is 12.3. The second kappa shape index (κ2) is 5.18. The third-order valence-corrected chi connectivity index (χ3v) is 3.87. The van der Waals surface area contributed by atoms with Crippen LogP contribution in [0, 0.1) is 0 Å². The smallest absolute Gasteiger partial charge is 0.273 e. The van der Waals surface area contributed by atoms with Crippen LogP contribution in [-0.2, 0) is 7.05 Å². The Bertz CT molecular complexity index is 390. The lowest BCUT2D eigenvalue weighted by atomic mass is 10.1. The molecule has 0 radical (unpaired) electrons. The van der Waals surface area contributed by atoms with Crippen molar-refractivity contribution in [2.45, 2.75) is 18.9 Å². The maximum Gasteiger partial charge on any atom is 0.273 e. The number of amides is 1. The molecule has 1 aromatic heterocycles. The number of aromatic nitrogens is 2. The fraction of sp³-hybridized carbons (Fsp3) is 0.636. The van der Waals surface area contributed by atoms with E-state index in [1.807, 2.05) is 11.9 Å². The number of nitrogens with zero attached hydrogens (tertiary/aromatic N) is 3. The summed E-state index contributed by atoms with van der Waals surface area (Å²) in [5.74, 6) is 0.0615. The van der Waals surface area contributed by atoms with Crippen LogP contribution in [0.1, 0.15) is 23.3 Å². The zero-order valence-corrected chi connectivity index (χ0v) is 11.7. The Morgan fingerprint density at radius 2 is 2.18 bits per heavy atom. The van der Waals surface area contributed by atoms with E-state index >= 15 is 0 Å². The third-order valence-electron chi connectivity index (χ3n) is 3.29. The van der Waals surface area contributed by atoms with Gasteiger partial charge in [0.2, 0.25) is 0 Å². The molecule has 1 fully saturated rings. The summed E-state index contributed by atoms with van der Waals surface area (Å²) in [5, 5.41) is 7.33. The summed E-state index contributed by atoms with van der Waals surface area (Å²) in [7, 11) is 3.76. The minimum Gasteiger partial charge on any atom is -0.337 e. The molecule has 1 aliphatic heterocycles. The van der Waals surface area contributed by atoms with Gasteiger partial charge in [0, 0.05) is 26.2 Å². The predicted octanol–water partition coefficient (Wildman–Crippen LogP) is 1.01. The normalized spacial score (nSPS) is 17.5. The summed E-state index contributed by atoms with van der Waals surface area (Å²) < 4.78 is 2.39. The molecule has 1 amide bonds. The Morgan fingerprint density at radius 3 is 2.65 bits per heavy atom. The first-order valence-corrected chi connectivity index (χ1v) is 6.57. The van der Waals surface area contributed by atoms with E-state index in [4.69, 9.17) is 0 Å².